The highest BCUT2D eigenvalue weighted by Gasteiger charge is 2.08. The van der Waals surface area contributed by atoms with E-state index >= 15 is 0 Å². The van der Waals surface area contributed by atoms with Crippen molar-refractivity contribution in [2.75, 3.05) is 14.2 Å². The maximum atomic E-state index is 5.27. The first-order valence-electron chi connectivity index (χ1n) is 5.02. The summed E-state index contributed by atoms with van der Waals surface area (Å²) in [6.45, 7) is 0. The Bertz CT molecular complexity index is 581. The van der Waals surface area contributed by atoms with E-state index in [-0.39, 0.29) is 0 Å². The van der Waals surface area contributed by atoms with Crippen LogP contribution in [0, 0.1) is 4.64 Å². The average Bonchev–Trinajstić information content (AvgIpc) is 2.38. The van der Waals surface area contributed by atoms with Crippen molar-refractivity contribution in [1.82, 2.24) is 9.97 Å². The van der Waals surface area contributed by atoms with E-state index in [0.29, 0.717) is 10.4 Å². The molecule has 0 saturated heterocycles. The van der Waals surface area contributed by atoms with Crippen LogP contribution in [0.25, 0.3) is 11.3 Å². The lowest BCUT2D eigenvalue weighted by molar-refractivity contribution is 0.410. The highest BCUT2D eigenvalue weighted by atomic mass is 32.1. The number of aromatic nitrogens is 2. The standard InChI is InChI=1S/C12H12N2O2S/c1-15-9-5-3-4-8(6-9)10-11(16-2)12(17)14-7-13-10/h3-7H,1-2H3,(H,13,14,17). The minimum absolute atomic E-state index is 0.434. The third kappa shape index (κ3) is 2.29. The van der Waals surface area contributed by atoms with Crippen LogP contribution in [0.5, 0.6) is 11.5 Å². The van der Waals surface area contributed by atoms with Gasteiger partial charge in [0.1, 0.15) is 5.75 Å². The first-order chi connectivity index (χ1) is 8.26. The normalized spacial score (nSPS) is 10.0. The number of hydrogen-bond acceptors (Lipinski definition) is 4. The van der Waals surface area contributed by atoms with Gasteiger partial charge in [0.2, 0.25) is 0 Å². The molecule has 0 aliphatic rings. The maximum absolute atomic E-state index is 5.27. The minimum Gasteiger partial charge on any atom is -0.497 e. The van der Waals surface area contributed by atoms with Gasteiger partial charge in [0.25, 0.3) is 0 Å². The molecule has 88 valence electrons. The number of aromatic amines is 1. The van der Waals surface area contributed by atoms with Crippen LogP contribution in [0.4, 0.5) is 0 Å². The molecule has 0 radical (unpaired) electrons. The molecule has 4 nitrogen and oxygen atoms in total. The molecule has 0 amide bonds. The molecule has 0 saturated carbocycles. The van der Waals surface area contributed by atoms with Gasteiger partial charge in [0.15, 0.2) is 10.4 Å². The van der Waals surface area contributed by atoms with E-state index in [1.807, 2.05) is 24.3 Å². The Kier molecular flexibility index (Phi) is 3.39. The first kappa shape index (κ1) is 11.6. The lowest BCUT2D eigenvalue weighted by atomic mass is 10.1. The van der Waals surface area contributed by atoms with Crippen molar-refractivity contribution < 1.29 is 9.47 Å². The quantitative estimate of drug-likeness (QED) is 0.848. The Labute approximate surface area is 104 Å². The second-order valence-electron chi connectivity index (χ2n) is 3.35. The Morgan fingerprint density at radius 1 is 1.24 bits per heavy atom. The molecule has 2 aromatic rings. The molecule has 1 heterocycles. The van der Waals surface area contributed by atoms with Crippen LogP contribution in [-0.4, -0.2) is 24.2 Å². The van der Waals surface area contributed by atoms with E-state index in [4.69, 9.17) is 21.7 Å². The van der Waals surface area contributed by atoms with Gasteiger partial charge in [-0.05, 0) is 12.1 Å². The Morgan fingerprint density at radius 3 is 2.76 bits per heavy atom. The van der Waals surface area contributed by atoms with Gasteiger partial charge in [0.05, 0.1) is 26.2 Å². The first-order valence-corrected chi connectivity index (χ1v) is 5.43. The second kappa shape index (κ2) is 4.97. The van der Waals surface area contributed by atoms with Crippen LogP contribution >= 0.6 is 12.2 Å². The summed E-state index contributed by atoms with van der Waals surface area (Å²) >= 11 is 5.11. The van der Waals surface area contributed by atoms with Crippen LogP contribution in [0.3, 0.4) is 0 Å². The molecule has 0 aliphatic heterocycles. The van der Waals surface area contributed by atoms with Crippen molar-refractivity contribution in [1.29, 1.82) is 0 Å². The lowest BCUT2D eigenvalue weighted by Gasteiger charge is -2.09. The molecule has 0 fully saturated rings. The zero-order valence-corrected chi connectivity index (χ0v) is 10.4. The van der Waals surface area contributed by atoms with Crippen molar-refractivity contribution in [3.8, 4) is 22.8 Å². The van der Waals surface area contributed by atoms with Crippen LogP contribution in [0.2, 0.25) is 0 Å². The lowest BCUT2D eigenvalue weighted by Crippen LogP contribution is -1.94. The van der Waals surface area contributed by atoms with Crippen molar-refractivity contribution in [3.63, 3.8) is 0 Å². The van der Waals surface area contributed by atoms with Gasteiger partial charge < -0.3 is 14.5 Å². The number of benzene rings is 1. The van der Waals surface area contributed by atoms with E-state index in [1.54, 1.807) is 20.5 Å². The number of nitrogens with one attached hydrogen (secondary N) is 1. The van der Waals surface area contributed by atoms with Crippen molar-refractivity contribution in [2.24, 2.45) is 0 Å². The van der Waals surface area contributed by atoms with Crippen molar-refractivity contribution >= 4 is 12.2 Å². The van der Waals surface area contributed by atoms with Crippen LogP contribution in [-0.2, 0) is 0 Å². The van der Waals surface area contributed by atoms with Gasteiger partial charge in [-0.2, -0.15) is 0 Å². The highest BCUT2D eigenvalue weighted by molar-refractivity contribution is 7.71. The summed E-state index contributed by atoms with van der Waals surface area (Å²) < 4.78 is 10.9. The van der Waals surface area contributed by atoms with Gasteiger partial charge >= 0.3 is 0 Å². The van der Waals surface area contributed by atoms with Gasteiger partial charge in [-0.1, -0.05) is 24.4 Å². The second-order valence-corrected chi connectivity index (χ2v) is 3.73. The molecule has 2 rings (SSSR count). The Hall–Kier alpha value is -1.88. The molecule has 0 spiro atoms. The van der Waals surface area contributed by atoms with Crippen LogP contribution < -0.4 is 9.47 Å². The van der Waals surface area contributed by atoms with E-state index < -0.39 is 0 Å². The number of methoxy groups -OCH3 is 2. The highest BCUT2D eigenvalue weighted by Crippen LogP contribution is 2.29. The molecular formula is C12H12N2O2S. The summed E-state index contributed by atoms with van der Waals surface area (Å²) in [4.78, 5) is 7.02. The van der Waals surface area contributed by atoms with Gasteiger partial charge in [-0.15, -0.1) is 0 Å². The SMILES string of the molecule is COc1cccc(-c2[nH]cnc(=S)c2OC)c1. The molecule has 1 aromatic heterocycles. The summed E-state index contributed by atoms with van der Waals surface area (Å²) in [5, 5.41) is 0. The molecular weight excluding hydrogens is 236 g/mol. The summed E-state index contributed by atoms with van der Waals surface area (Å²) in [5.41, 5.74) is 1.74. The Balaban J connectivity index is 2.59. The molecule has 0 aliphatic carbocycles. The maximum Gasteiger partial charge on any atom is 0.179 e. The third-order valence-electron chi connectivity index (χ3n) is 2.37. The largest absolute Gasteiger partial charge is 0.497 e. The average molecular weight is 248 g/mol. The number of H-pyrrole nitrogens is 1. The summed E-state index contributed by atoms with van der Waals surface area (Å²) in [6.07, 6.45) is 1.56. The van der Waals surface area contributed by atoms with Crippen molar-refractivity contribution in [3.05, 3.63) is 35.2 Å². The van der Waals surface area contributed by atoms with Gasteiger partial charge in [-0.25, -0.2) is 4.98 Å². The molecule has 1 aromatic carbocycles. The van der Waals surface area contributed by atoms with Gasteiger partial charge in [0, 0.05) is 5.56 Å². The topological polar surface area (TPSA) is 47.1 Å². The van der Waals surface area contributed by atoms with E-state index in [2.05, 4.69) is 9.97 Å². The van der Waals surface area contributed by atoms with Crippen LogP contribution in [0.15, 0.2) is 30.6 Å². The minimum atomic E-state index is 0.434. The van der Waals surface area contributed by atoms with E-state index in [0.717, 1.165) is 17.0 Å². The predicted molar refractivity (Wildman–Crippen MR) is 68.0 cm³/mol. The Morgan fingerprint density at radius 2 is 2.06 bits per heavy atom. The molecule has 17 heavy (non-hydrogen) atoms. The molecule has 0 bridgehead atoms. The third-order valence-corrected chi connectivity index (χ3v) is 2.67. The zero-order chi connectivity index (χ0) is 12.3. The molecule has 0 atom stereocenters. The van der Waals surface area contributed by atoms with Crippen molar-refractivity contribution in [2.45, 2.75) is 0 Å². The number of nitrogens with zero attached hydrogens (tertiary/aromatic N) is 1. The molecule has 0 unspecified atom stereocenters. The van der Waals surface area contributed by atoms with E-state index in [9.17, 15) is 0 Å². The van der Waals surface area contributed by atoms with Gasteiger partial charge in [-0.3, -0.25) is 0 Å². The number of rotatable bonds is 3. The fraction of sp³-hybridized carbons (Fsp3) is 0.167. The monoisotopic (exact) mass is 248 g/mol. The summed E-state index contributed by atoms with van der Waals surface area (Å²) in [5.74, 6) is 1.34. The predicted octanol–water partition coefficient (Wildman–Crippen LogP) is 2.82. The zero-order valence-electron chi connectivity index (χ0n) is 9.56. The number of hydrogen-bond donors (Lipinski definition) is 1. The fourth-order valence-corrected chi connectivity index (χ4v) is 1.81. The fourth-order valence-electron chi connectivity index (χ4n) is 1.57. The van der Waals surface area contributed by atoms with Crippen LogP contribution in [0.1, 0.15) is 0 Å². The summed E-state index contributed by atoms with van der Waals surface area (Å²) in [6, 6.07) is 7.64. The summed E-state index contributed by atoms with van der Waals surface area (Å²) in [7, 11) is 3.20. The van der Waals surface area contributed by atoms with E-state index in [1.165, 1.54) is 0 Å². The molecule has 5 heteroatoms. The number of ether oxygens (including phenoxy) is 2. The smallest absolute Gasteiger partial charge is 0.179 e. The molecule has 1 N–H and O–H groups in total.